The van der Waals surface area contributed by atoms with Gasteiger partial charge < -0.3 is 9.53 Å². The Hall–Kier alpha value is -1.91. The second-order valence-corrected chi connectivity index (χ2v) is 6.10. The lowest BCUT2D eigenvalue weighted by Gasteiger charge is -2.38. The molecular weight excluding hydrogens is 256 g/mol. The van der Waals surface area contributed by atoms with E-state index in [9.17, 15) is 9.59 Å². The second kappa shape index (κ2) is 4.58. The molecule has 1 aliphatic heterocycles. The van der Waals surface area contributed by atoms with Crippen LogP contribution in [-0.4, -0.2) is 29.5 Å². The molecule has 2 heterocycles. The van der Waals surface area contributed by atoms with Crippen LogP contribution in [0.25, 0.3) is 0 Å². The van der Waals surface area contributed by atoms with E-state index in [4.69, 9.17) is 4.74 Å². The fourth-order valence-electron chi connectivity index (χ4n) is 2.97. The minimum Gasteiger partial charge on any atom is -0.441 e. The molecule has 1 aliphatic carbocycles. The van der Waals surface area contributed by atoms with Gasteiger partial charge in [0.15, 0.2) is 0 Å². The van der Waals surface area contributed by atoms with Crippen molar-refractivity contribution in [3.8, 4) is 0 Å². The average molecular weight is 274 g/mol. The van der Waals surface area contributed by atoms with Gasteiger partial charge in [-0.3, -0.25) is 4.90 Å². The Bertz CT molecular complexity index is 521. The maximum Gasteiger partial charge on any atom is 0.416 e. The zero-order valence-electron chi connectivity index (χ0n) is 11.5. The lowest BCUT2D eigenvalue weighted by atomic mass is 9.70. The third-order valence-corrected chi connectivity index (χ3v) is 4.48. The number of nitrogens with zero attached hydrogens (tertiary/aromatic N) is 2. The zero-order valence-corrected chi connectivity index (χ0v) is 11.5. The molecule has 5 heteroatoms. The van der Waals surface area contributed by atoms with Crippen molar-refractivity contribution < 1.29 is 14.3 Å². The minimum absolute atomic E-state index is 0.268. The minimum atomic E-state index is -0.447. The number of aromatic nitrogens is 1. The largest absolute Gasteiger partial charge is 0.441 e. The Morgan fingerprint density at radius 1 is 1.30 bits per heavy atom. The van der Waals surface area contributed by atoms with Gasteiger partial charge in [-0.15, -0.1) is 0 Å². The molecule has 1 aromatic heterocycles. The summed E-state index contributed by atoms with van der Waals surface area (Å²) in [5.41, 5.74) is -0.715. The number of anilines is 1. The lowest BCUT2D eigenvalue weighted by Crippen LogP contribution is -2.42. The van der Waals surface area contributed by atoms with Crippen molar-refractivity contribution >= 4 is 18.2 Å². The summed E-state index contributed by atoms with van der Waals surface area (Å²) >= 11 is 0. The van der Waals surface area contributed by atoms with E-state index in [2.05, 4.69) is 4.98 Å². The molecule has 0 radical (unpaired) electrons. The molecule has 0 unspecified atom stereocenters. The van der Waals surface area contributed by atoms with Gasteiger partial charge in [0.1, 0.15) is 17.7 Å². The fraction of sp³-hybridized carbons (Fsp3) is 0.533. The van der Waals surface area contributed by atoms with E-state index >= 15 is 0 Å². The van der Waals surface area contributed by atoms with E-state index in [0.717, 1.165) is 32.0 Å². The zero-order chi connectivity index (χ0) is 14.2. The highest BCUT2D eigenvalue weighted by Crippen LogP contribution is 2.44. The number of ether oxygens (including phenoxy) is 1. The monoisotopic (exact) mass is 274 g/mol. The van der Waals surface area contributed by atoms with Gasteiger partial charge in [-0.25, -0.2) is 9.78 Å². The summed E-state index contributed by atoms with van der Waals surface area (Å²) in [6, 6.07) is 5.47. The number of aldehydes is 1. The number of hydrogen-bond acceptors (Lipinski definition) is 4. The molecule has 1 saturated carbocycles. The Labute approximate surface area is 117 Å². The quantitative estimate of drug-likeness (QED) is 0.778. The van der Waals surface area contributed by atoms with Gasteiger partial charge in [0.25, 0.3) is 0 Å². The first-order valence-electron chi connectivity index (χ1n) is 6.94. The lowest BCUT2D eigenvalue weighted by molar-refractivity contribution is -0.119. The smallest absolute Gasteiger partial charge is 0.416 e. The molecular formula is C15H18N2O3. The molecule has 1 amide bonds. The van der Waals surface area contributed by atoms with Crippen molar-refractivity contribution in [2.24, 2.45) is 5.41 Å². The van der Waals surface area contributed by atoms with Crippen LogP contribution < -0.4 is 4.90 Å². The Morgan fingerprint density at radius 2 is 2.05 bits per heavy atom. The molecule has 0 bridgehead atoms. The second-order valence-electron chi connectivity index (χ2n) is 6.10. The Kier molecular flexibility index (Phi) is 3.00. The number of amides is 1. The van der Waals surface area contributed by atoms with Crippen LogP contribution in [0.15, 0.2) is 24.4 Å². The van der Waals surface area contributed by atoms with Crippen LogP contribution in [0.1, 0.15) is 32.6 Å². The van der Waals surface area contributed by atoms with E-state index in [-0.39, 0.29) is 11.5 Å². The summed E-state index contributed by atoms with van der Waals surface area (Å²) in [7, 11) is 0. The van der Waals surface area contributed by atoms with Gasteiger partial charge in [0.05, 0.1) is 6.54 Å². The first-order valence-corrected chi connectivity index (χ1v) is 6.94. The molecule has 1 spiro atoms. The summed E-state index contributed by atoms with van der Waals surface area (Å²) in [6.45, 7) is 2.50. The third-order valence-electron chi connectivity index (χ3n) is 4.48. The molecule has 0 atom stereocenters. The molecule has 20 heavy (non-hydrogen) atoms. The molecule has 1 saturated heterocycles. The van der Waals surface area contributed by atoms with Gasteiger partial charge >= 0.3 is 6.09 Å². The van der Waals surface area contributed by atoms with E-state index < -0.39 is 5.60 Å². The topological polar surface area (TPSA) is 59.5 Å². The number of pyridine rings is 1. The van der Waals surface area contributed by atoms with Gasteiger partial charge in [0.2, 0.25) is 0 Å². The highest BCUT2D eigenvalue weighted by atomic mass is 16.6. The van der Waals surface area contributed by atoms with Crippen molar-refractivity contribution in [2.75, 3.05) is 11.4 Å². The summed E-state index contributed by atoms with van der Waals surface area (Å²) in [4.78, 5) is 29.0. The van der Waals surface area contributed by atoms with Gasteiger partial charge in [-0.2, -0.15) is 0 Å². The maximum atomic E-state index is 12.1. The molecule has 5 nitrogen and oxygen atoms in total. The van der Waals surface area contributed by atoms with Crippen molar-refractivity contribution in [3.05, 3.63) is 24.4 Å². The molecule has 106 valence electrons. The standard InChI is InChI=1S/C15H18N2O3/c1-14(11-18)5-7-15(8-6-14)10-17(13(19)20-15)12-4-2-3-9-16-12/h2-4,9,11H,5-8,10H2,1H3/t14-,15+. The summed E-state index contributed by atoms with van der Waals surface area (Å²) < 4.78 is 5.63. The molecule has 3 rings (SSSR count). The van der Waals surface area contributed by atoms with Crippen LogP contribution in [-0.2, 0) is 9.53 Å². The van der Waals surface area contributed by atoms with Crippen LogP contribution in [0.3, 0.4) is 0 Å². The molecule has 0 aromatic carbocycles. The van der Waals surface area contributed by atoms with E-state index in [1.807, 2.05) is 19.1 Å². The van der Waals surface area contributed by atoms with E-state index in [1.165, 1.54) is 0 Å². The SMILES string of the molecule is C[C@]1(C=O)CC[C@@]2(CC1)CN(c1ccccn1)C(=O)O2. The van der Waals surface area contributed by atoms with Crippen molar-refractivity contribution in [1.82, 2.24) is 4.98 Å². The first kappa shape index (κ1) is 13.1. The highest BCUT2D eigenvalue weighted by molar-refractivity contribution is 5.89. The number of hydrogen-bond donors (Lipinski definition) is 0. The first-order chi connectivity index (χ1) is 9.56. The Morgan fingerprint density at radius 3 is 2.65 bits per heavy atom. The van der Waals surface area contributed by atoms with Crippen LogP contribution in [0, 0.1) is 5.41 Å². The van der Waals surface area contributed by atoms with Gasteiger partial charge in [0, 0.05) is 11.6 Å². The van der Waals surface area contributed by atoms with Crippen molar-refractivity contribution in [1.29, 1.82) is 0 Å². The van der Waals surface area contributed by atoms with Crippen LogP contribution in [0.5, 0.6) is 0 Å². The molecule has 2 aliphatic rings. The summed E-state index contributed by atoms with van der Waals surface area (Å²) in [5, 5.41) is 0. The van der Waals surface area contributed by atoms with Crippen molar-refractivity contribution in [2.45, 2.75) is 38.2 Å². The van der Waals surface area contributed by atoms with E-state index in [1.54, 1.807) is 17.2 Å². The van der Waals surface area contributed by atoms with Gasteiger partial charge in [-0.05, 0) is 37.8 Å². The average Bonchev–Trinajstić information content (AvgIpc) is 2.81. The number of rotatable bonds is 2. The van der Waals surface area contributed by atoms with Crippen LogP contribution >= 0.6 is 0 Å². The predicted octanol–water partition coefficient (Wildman–Crippen LogP) is 2.56. The van der Waals surface area contributed by atoms with Crippen LogP contribution in [0.4, 0.5) is 10.6 Å². The summed E-state index contributed by atoms with van der Waals surface area (Å²) in [5.74, 6) is 0.623. The summed E-state index contributed by atoms with van der Waals surface area (Å²) in [6.07, 6.45) is 5.36. The Balaban J connectivity index is 1.76. The number of carbonyl (C=O) groups is 2. The maximum absolute atomic E-state index is 12.1. The third kappa shape index (κ3) is 2.17. The van der Waals surface area contributed by atoms with Crippen molar-refractivity contribution in [3.63, 3.8) is 0 Å². The highest BCUT2D eigenvalue weighted by Gasteiger charge is 2.50. The molecule has 1 aromatic rings. The van der Waals surface area contributed by atoms with E-state index in [0.29, 0.717) is 12.4 Å². The molecule has 0 N–H and O–H groups in total. The fourth-order valence-corrected chi connectivity index (χ4v) is 2.97. The normalized spacial score (nSPS) is 33.2. The van der Waals surface area contributed by atoms with Crippen LogP contribution in [0.2, 0.25) is 0 Å². The molecule has 2 fully saturated rings. The predicted molar refractivity (Wildman–Crippen MR) is 73.4 cm³/mol. The van der Waals surface area contributed by atoms with Gasteiger partial charge in [-0.1, -0.05) is 13.0 Å². The number of carbonyl (C=O) groups excluding carboxylic acids is 2.